The number of nitrogens with one attached hydrogen (secondary N) is 1. The average molecular weight is 395 g/mol. The van der Waals surface area contributed by atoms with Crippen LogP contribution in [0.2, 0.25) is 0 Å². The maximum absolute atomic E-state index is 13.3. The van der Waals surface area contributed by atoms with Crippen LogP contribution < -0.4 is 5.32 Å². The zero-order valence-electron chi connectivity index (χ0n) is 10.9. The zero-order chi connectivity index (χ0) is 14.8. The molecule has 0 unspecified atom stereocenters. The first-order valence-electron chi connectivity index (χ1n) is 6.33. The number of hydrogen-bond acceptors (Lipinski definition) is 2. The summed E-state index contributed by atoms with van der Waals surface area (Å²) in [4.78, 5) is 12.0. The minimum atomic E-state index is -0.344. The molecule has 0 aliphatic heterocycles. The summed E-state index contributed by atoms with van der Waals surface area (Å²) in [6.45, 7) is 0. The predicted octanol–water partition coefficient (Wildman–Crippen LogP) is 4.36. The van der Waals surface area contributed by atoms with Crippen LogP contribution in [-0.2, 0) is 11.2 Å². The Balaban J connectivity index is 1.77. The molecule has 106 valence electrons. The first-order valence-corrected chi connectivity index (χ1v) is 7.41. The van der Waals surface area contributed by atoms with Crippen LogP contribution in [0.3, 0.4) is 0 Å². The molecule has 0 saturated carbocycles. The highest BCUT2D eigenvalue weighted by Crippen LogP contribution is 2.23. The summed E-state index contributed by atoms with van der Waals surface area (Å²) in [5.74, 6) is -0.508. The Morgan fingerprint density at radius 1 is 1.19 bits per heavy atom. The SMILES string of the molecule is O=C(Cc1coc2ccc(F)cc12)Nc1ccc(I)cc1. The quantitative estimate of drug-likeness (QED) is 0.670. The number of rotatable bonds is 3. The second-order valence-electron chi connectivity index (χ2n) is 4.63. The standard InChI is InChI=1S/C16H11FINO2/c17-11-1-6-15-14(8-11)10(9-21-15)7-16(20)19-13-4-2-12(18)3-5-13/h1-6,8-9H,7H2,(H,19,20). The third-order valence-corrected chi connectivity index (χ3v) is 3.81. The molecule has 0 aliphatic carbocycles. The van der Waals surface area contributed by atoms with Crippen LogP contribution in [0.15, 0.2) is 53.1 Å². The Bertz CT molecular complexity index is 796. The van der Waals surface area contributed by atoms with Crippen molar-refractivity contribution in [3.05, 3.63) is 63.7 Å². The third kappa shape index (κ3) is 3.24. The van der Waals surface area contributed by atoms with Gasteiger partial charge in [-0.15, -0.1) is 0 Å². The largest absolute Gasteiger partial charge is 0.464 e. The van der Waals surface area contributed by atoms with Gasteiger partial charge in [0.2, 0.25) is 5.91 Å². The second-order valence-corrected chi connectivity index (χ2v) is 5.88. The third-order valence-electron chi connectivity index (χ3n) is 3.09. The van der Waals surface area contributed by atoms with Crippen LogP contribution >= 0.6 is 22.6 Å². The summed E-state index contributed by atoms with van der Waals surface area (Å²) in [5.41, 5.74) is 1.99. The van der Waals surface area contributed by atoms with E-state index in [0.717, 1.165) is 9.26 Å². The summed E-state index contributed by atoms with van der Waals surface area (Å²) < 4.78 is 19.7. The van der Waals surface area contributed by atoms with Gasteiger partial charge in [-0.3, -0.25) is 4.79 Å². The van der Waals surface area contributed by atoms with E-state index in [2.05, 4.69) is 27.9 Å². The van der Waals surface area contributed by atoms with Gasteiger partial charge in [-0.25, -0.2) is 4.39 Å². The van der Waals surface area contributed by atoms with Crippen LogP contribution in [0, 0.1) is 9.39 Å². The van der Waals surface area contributed by atoms with Gasteiger partial charge in [0.1, 0.15) is 11.4 Å². The maximum Gasteiger partial charge on any atom is 0.228 e. The Labute approximate surface area is 134 Å². The van der Waals surface area contributed by atoms with Crippen molar-refractivity contribution in [1.82, 2.24) is 0 Å². The molecule has 3 aromatic rings. The predicted molar refractivity (Wildman–Crippen MR) is 87.7 cm³/mol. The topological polar surface area (TPSA) is 42.2 Å². The molecule has 2 aromatic carbocycles. The smallest absolute Gasteiger partial charge is 0.228 e. The molecule has 3 rings (SSSR count). The summed E-state index contributed by atoms with van der Waals surface area (Å²) in [5, 5.41) is 3.44. The Morgan fingerprint density at radius 3 is 2.71 bits per heavy atom. The fraction of sp³-hybridized carbons (Fsp3) is 0.0625. The van der Waals surface area contributed by atoms with Gasteiger partial charge < -0.3 is 9.73 Å². The summed E-state index contributed by atoms with van der Waals surface area (Å²) >= 11 is 2.20. The number of hydrogen-bond donors (Lipinski definition) is 1. The number of fused-ring (bicyclic) bond motifs is 1. The van der Waals surface area contributed by atoms with E-state index in [1.54, 1.807) is 6.07 Å². The fourth-order valence-electron chi connectivity index (χ4n) is 2.10. The molecule has 3 nitrogen and oxygen atoms in total. The van der Waals surface area contributed by atoms with E-state index in [9.17, 15) is 9.18 Å². The van der Waals surface area contributed by atoms with Crippen molar-refractivity contribution in [2.24, 2.45) is 0 Å². The Kier molecular flexibility index (Phi) is 3.92. The van der Waals surface area contributed by atoms with Crippen molar-refractivity contribution < 1.29 is 13.6 Å². The summed E-state index contributed by atoms with van der Waals surface area (Å²) in [7, 11) is 0. The summed E-state index contributed by atoms with van der Waals surface area (Å²) in [6.07, 6.45) is 1.64. The Morgan fingerprint density at radius 2 is 1.95 bits per heavy atom. The van der Waals surface area contributed by atoms with Crippen molar-refractivity contribution in [2.45, 2.75) is 6.42 Å². The monoisotopic (exact) mass is 395 g/mol. The van der Waals surface area contributed by atoms with Gasteiger partial charge in [-0.2, -0.15) is 0 Å². The number of halogens is 2. The lowest BCUT2D eigenvalue weighted by atomic mass is 10.1. The van der Waals surface area contributed by atoms with Crippen LogP contribution in [0.25, 0.3) is 11.0 Å². The Hall–Kier alpha value is -1.89. The first kappa shape index (κ1) is 14.1. The highest BCUT2D eigenvalue weighted by atomic mass is 127. The molecule has 0 bridgehead atoms. The molecule has 1 heterocycles. The average Bonchev–Trinajstić information content (AvgIpc) is 2.84. The van der Waals surface area contributed by atoms with Gasteiger partial charge in [0, 0.05) is 20.2 Å². The van der Waals surface area contributed by atoms with Gasteiger partial charge >= 0.3 is 0 Å². The van der Waals surface area contributed by atoms with Gasteiger partial charge in [-0.1, -0.05) is 0 Å². The minimum Gasteiger partial charge on any atom is -0.464 e. The van der Waals surface area contributed by atoms with Crippen molar-refractivity contribution >= 4 is 45.2 Å². The van der Waals surface area contributed by atoms with Crippen molar-refractivity contribution in [3.8, 4) is 0 Å². The molecular weight excluding hydrogens is 384 g/mol. The van der Waals surface area contributed by atoms with E-state index in [1.807, 2.05) is 24.3 Å². The molecule has 0 atom stereocenters. The normalized spacial score (nSPS) is 10.8. The molecule has 0 radical (unpaired) electrons. The van der Waals surface area contributed by atoms with Crippen LogP contribution in [0.4, 0.5) is 10.1 Å². The van der Waals surface area contributed by atoms with E-state index in [4.69, 9.17) is 4.42 Å². The maximum atomic E-state index is 13.3. The number of furan rings is 1. The van der Waals surface area contributed by atoms with Crippen molar-refractivity contribution in [1.29, 1.82) is 0 Å². The molecule has 0 saturated heterocycles. The fourth-order valence-corrected chi connectivity index (χ4v) is 2.46. The lowest BCUT2D eigenvalue weighted by Crippen LogP contribution is -2.14. The van der Waals surface area contributed by atoms with E-state index < -0.39 is 0 Å². The molecule has 1 amide bonds. The molecule has 1 aromatic heterocycles. The molecule has 0 fully saturated rings. The molecule has 21 heavy (non-hydrogen) atoms. The molecular formula is C16H11FINO2. The van der Waals surface area contributed by atoms with Crippen molar-refractivity contribution in [2.75, 3.05) is 5.32 Å². The van der Waals surface area contributed by atoms with Gasteiger partial charge in [-0.05, 0) is 65.1 Å². The lowest BCUT2D eigenvalue weighted by Gasteiger charge is -2.04. The molecule has 1 N–H and O–H groups in total. The highest BCUT2D eigenvalue weighted by Gasteiger charge is 2.11. The van der Waals surface area contributed by atoms with Crippen LogP contribution in [0.1, 0.15) is 5.56 Å². The van der Waals surface area contributed by atoms with E-state index in [1.165, 1.54) is 18.4 Å². The number of carbonyl (C=O) groups is 1. The van der Waals surface area contributed by atoms with Crippen molar-refractivity contribution in [3.63, 3.8) is 0 Å². The second kappa shape index (κ2) is 5.85. The first-order chi connectivity index (χ1) is 10.1. The van der Waals surface area contributed by atoms with Gasteiger partial charge in [0.25, 0.3) is 0 Å². The van der Waals surface area contributed by atoms with E-state index in [0.29, 0.717) is 16.5 Å². The minimum absolute atomic E-state index is 0.141. The van der Waals surface area contributed by atoms with Crippen LogP contribution in [0.5, 0.6) is 0 Å². The van der Waals surface area contributed by atoms with E-state index in [-0.39, 0.29) is 18.1 Å². The zero-order valence-corrected chi connectivity index (χ0v) is 13.1. The highest BCUT2D eigenvalue weighted by molar-refractivity contribution is 14.1. The van der Waals surface area contributed by atoms with E-state index >= 15 is 0 Å². The van der Waals surface area contributed by atoms with Crippen LogP contribution in [-0.4, -0.2) is 5.91 Å². The summed E-state index contributed by atoms with van der Waals surface area (Å²) in [6, 6.07) is 11.8. The molecule has 5 heteroatoms. The molecule has 0 spiro atoms. The number of carbonyl (C=O) groups excluding carboxylic acids is 1. The number of anilines is 1. The number of benzene rings is 2. The number of amides is 1. The van der Waals surface area contributed by atoms with Gasteiger partial charge in [0.15, 0.2) is 0 Å². The lowest BCUT2D eigenvalue weighted by molar-refractivity contribution is -0.115. The molecule has 0 aliphatic rings. The van der Waals surface area contributed by atoms with Gasteiger partial charge in [0.05, 0.1) is 12.7 Å².